The number of benzene rings is 1. The topological polar surface area (TPSA) is 47.6 Å². The second-order valence-electron chi connectivity index (χ2n) is 6.39. The lowest BCUT2D eigenvalue weighted by Crippen LogP contribution is -2.41. The number of carbonyl (C=O) groups is 1. The molecule has 0 spiro atoms. The summed E-state index contributed by atoms with van der Waals surface area (Å²) in [4.78, 5) is 12.4. The Morgan fingerprint density at radius 3 is 2.23 bits per heavy atom. The predicted octanol–water partition coefficient (Wildman–Crippen LogP) is 4.09. The Balaban J connectivity index is 2.93. The molecule has 22 heavy (non-hydrogen) atoms. The molecule has 0 aliphatic rings. The summed E-state index contributed by atoms with van der Waals surface area (Å²) in [7, 11) is 1.56. The fourth-order valence-corrected chi connectivity index (χ4v) is 2.16. The average molecular weight is 307 g/mol. The monoisotopic (exact) mass is 307 g/mol. The summed E-state index contributed by atoms with van der Waals surface area (Å²) >= 11 is 0. The molecule has 1 atom stereocenters. The van der Waals surface area contributed by atoms with Gasteiger partial charge in [-0.3, -0.25) is 4.79 Å². The number of methoxy groups -OCH3 is 1. The third kappa shape index (κ3) is 4.47. The number of anilines is 1. The van der Waals surface area contributed by atoms with Crippen LogP contribution < -0.4 is 10.1 Å². The molecular weight excluding hydrogens is 278 g/mol. The van der Waals surface area contributed by atoms with Crippen LogP contribution in [0.3, 0.4) is 0 Å². The highest BCUT2D eigenvalue weighted by Gasteiger charge is 2.31. The molecule has 1 rings (SSSR count). The number of rotatable bonds is 7. The molecule has 1 aromatic rings. The summed E-state index contributed by atoms with van der Waals surface area (Å²) in [6.45, 7) is 12.6. The minimum absolute atomic E-state index is 0.132. The van der Waals surface area contributed by atoms with E-state index in [1.54, 1.807) is 14.0 Å². The molecule has 124 valence electrons. The minimum atomic E-state index is -0.811. The van der Waals surface area contributed by atoms with Crippen molar-refractivity contribution >= 4 is 11.6 Å². The van der Waals surface area contributed by atoms with Crippen molar-refractivity contribution in [1.82, 2.24) is 0 Å². The van der Waals surface area contributed by atoms with Crippen molar-refractivity contribution in [2.24, 2.45) is 5.92 Å². The van der Waals surface area contributed by atoms with Gasteiger partial charge in [-0.15, -0.1) is 0 Å². The van der Waals surface area contributed by atoms with Crippen molar-refractivity contribution in [3.63, 3.8) is 0 Å². The second kappa shape index (κ2) is 7.63. The number of ether oxygens (including phenoxy) is 2. The van der Waals surface area contributed by atoms with E-state index in [0.717, 1.165) is 22.6 Å². The molecule has 4 heteroatoms. The van der Waals surface area contributed by atoms with Gasteiger partial charge in [0.15, 0.2) is 0 Å². The Hall–Kier alpha value is -1.55. The van der Waals surface area contributed by atoms with Gasteiger partial charge in [-0.1, -0.05) is 20.8 Å². The molecule has 1 aromatic carbocycles. The molecule has 0 unspecified atom stereocenters. The maximum Gasteiger partial charge on any atom is 0.256 e. The molecule has 0 fully saturated rings. The lowest BCUT2D eigenvalue weighted by Gasteiger charge is -2.25. The Kier molecular flexibility index (Phi) is 6.42. The third-order valence-electron chi connectivity index (χ3n) is 3.88. The molecule has 0 aliphatic carbocycles. The average Bonchev–Trinajstić information content (AvgIpc) is 2.45. The van der Waals surface area contributed by atoms with E-state index >= 15 is 0 Å². The van der Waals surface area contributed by atoms with Crippen molar-refractivity contribution in [2.75, 3.05) is 19.0 Å². The predicted molar refractivity (Wildman–Crippen MR) is 90.6 cm³/mol. The lowest BCUT2D eigenvalue weighted by molar-refractivity contribution is -0.136. The van der Waals surface area contributed by atoms with Gasteiger partial charge < -0.3 is 14.8 Å². The first-order chi connectivity index (χ1) is 10.2. The van der Waals surface area contributed by atoms with Gasteiger partial charge in [-0.05, 0) is 56.4 Å². The minimum Gasteiger partial charge on any atom is -0.493 e. The molecule has 0 aliphatic heterocycles. The number of carbonyl (C=O) groups excluding carboxylic acids is 1. The molecule has 0 aromatic heterocycles. The zero-order valence-electron chi connectivity index (χ0n) is 14.9. The summed E-state index contributed by atoms with van der Waals surface area (Å²) < 4.78 is 11.2. The van der Waals surface area contributed by atoms with E-state index in [9.17, 15) is 4.79 Å². The van der Waals surface area contributed by atoms with Crippen molar-refractivity contribution in [2.45, 2.75) is 53.6 Å². The maximum atomic E-state index is 12.4. The number of amides is 1. The lowest BCUT2D eigenvalue weighted by atomic mass is 10.0. The fraction of sp³-hybridized carbons (Fsp3) is 0.611. The van der Waals surface area contributed by atoms with E-state index < -0.39 is 5.60 Å². The van der Waals surface area contributed by atoms with E-state index in [2.05, 4.69) is 19.2 Å². The van der Waals surface area contributed by atoms with E-state index in [0.29, 0.717) is 18.9 Å². The smallest absolute Gasteiger partial charge is 0.256 e. The Bertz CT molecular complexity index is 496. The van der Waals surface area contributed by atoms with Gasteiger partial charge in [-0.2, -0.15) is 0 Å². The summed E-state index contributed by atoms with van der Waals surface area (Å²) in [6.07, 6.45) is 0.614. The molecule has 0 radical (unpaired) electrons. The standard InChI is InChI=1S/C18H29NO3/c1-8-18(6,21-7)17(20)19-15-9-13(4)16(14(5)10-15)22-11-12(2)3/h9-10,12H,8,11H2,1-7H3,(H,19,20)/t18-/m0/s1. The van der Waals surface area contributed by atoms with Crippen LogP contribution in [0.5, 0.6) is 5.75 Å². The Labute approximate surface area is 134 Å². The van der Waals surface area contributed by atoms with Crippen LogP contribution in [0.25, 0.3) is 0 Å². The van der Waals surface area contributed by atoms with E-state index in [-0.39, 0.29) is 5.91 Å². The zero-order chi connectivity index (χ0) is 16.9. The van der Waals surface area contributed by atoms with E-state index in [4.69, 9.17) is 9.47 Å². The van der Waals surface area contributed by atoms with Gasteiger partial charge in [0.25, 0.3) is 5.91 Å². The van der Waals surface area contributed by atoms with Gasteiger partial charge >= 0.3 is 0 Å². The first-order valence-electron chi connectivity index (χ1n) is 7.84. The summed E-state index contributed by atoms with van der Waals surface area (Å²) in [5.74, 6) is 1.24. The van der Waals surface area contributed by atoms with Crippen LogP contribution in [0, 0.1) is 19.8 Å². The first kappa shape index (κ1) is 18.5. The van der Waals surface area contributed by atoms with Gasteiger partial charge in [0.2, 0.25) is 0 Å². The summed E-state index contributed by atoms with van der Waals surface area (Å²) in [6, 6.07) is 3.87. The number of nitrogens with one attached hydrogen (secondary N) is 1. The Morgan fingerprint density at radius 2 is 1.82 bits per heavy atom. The summed E-state index contributed by atoms with van der Waals surface area (Å²) in [5, 5.41) is 2.94. The van der Waals surface area contributed by atoms with Gasteiger partial charge in [0.1, 0.15) is 11.4 Å². The SMILES string of the molecule is CC[C@](C)(OC)C(=O)Nc1cc(C)c(OCC(C)C)c(C)c1. The Morgan fingerprint density at radius 1 is 1.27 bits per heavy atom. The van der Waals surface area contributed by atoms with Gasteiger partial charge in [0, 0.05) is 12.8 Å². The first-order valence-corrected chi connectivity index (χ1v) is 7.84. The maximum absolute atomic E-state index is 12.4. The van der Waals surface area contributed by atoms with Crippen molar-refractivity contribution in [3.8, 4) is 5.75 Å². The van der Waals surface area contributed by atoms with Crippen molar-refractivity contribution < 1.29 is 14.3 Å². The highest BCUT2D eigenvalue weighted by Crippen LogP contribution is 2.28. The quantitative estimate of drug-likeness (QED) is 0.825. The summed E-state index contributed by atoms with van der Waals surface area (Å²) in [5.41, 5.74) is 2.00. The van der Waals surface area contributed by atoms with Crippen LogP contribution in [-0.2, 0) is 9.53 Å². The molecule has 1 N–H and O–H groups in total. The number of hydrogen-bond donors (Lipinski definition) is 1. The van der Waals surface area contributed by atoms with Gasteiger partial charge in [-0.25, -0.2) is 0 Å². The van der Waals surface area contributed by atoms with Crippen LogP contribution in [0.4, 0.5) is 5.69 Å². The zero-order valence-corrected chi connectivity index (χ0v) is 14.9. The fourth-order valence-electron chi connectivity index (χ4n) is 2.16. The number of hydrogen-bond acceptors (Lipinski definition) is 3. The van der Waals surface area contributed by atoms with Crippen LogP contribution in [0.1, 0.15) is 45.2 Å². The highest BCUT2D eigenvalue weighted by atomic mass is 16.5. The molecule has 0 bridgehead atoms. The number of aryl methyl sites for hydroxylation is 2. The van der Waals surface area contributed by atoms with E-state index in [1.807, 2.05) is 32.9 Å². The van der Waals surface area contributed by atoms with Crippen LogP contribution >= 0.6 is 0 Å². The third-order valence-corrected chi connectivity index (χ3v) is 3.88. The molecule has 1 amide bonds. The normalized spacial score (nSPS) is 13.8. The van der Waals surface area contributed by atoms with Crippen molar-refractivity contribution in [3.05, 3.63) is 23.3 Å². The largest absolute Gasteiger partial charge is 0.493 e. The molecule has 0 saturated carbocycles. The van der Waals surface area contributed by atoms with Crippen LogP contribution in [0.15, 0.2) is 12.1 Å². The molecule has 0 heterocycles. The molecule has 4 nitrogen and oxygen atoms in total. The van der Waals surface area contributed by atoms with E-state index in [1.165, 1.54) is 0 Å². The van der Waals surface area contributed by atoms with Gasteiger partial charge in [0.05, 0.1) is 6.61 Å². The molecule has 0 saturated heterocycles. The van der Waals surface area contributed by atoms with Crippen LogP contribution in [-0.4, -0.2) is 25.2 Å². The molecular formula is C18H29NO3. The van der Waals surface area contributed by atoms with Crippen LogP contribution in [0.2, 0.25) is 0 Å². The van der Waals surface area contributed by atoms with Crippen molar-refractivity contribution in [1.29, 1.82) is 0 Å². The second-order valence-corrected chi connectivity index (χ2v) is 6.39. The highest BCUT2D eigenvalue weighted by molar-refractivity contribution is 5.97.